The van der Waals surface area contributed by atoms with Crippen molar-refractivity contribution in [2.24, 2.45) is 0 Å². The van der Waals surface area contributed by atoms with Gasteiger partial charge in [0.25, 0.3) is 0 Å². The van der Waals surface area contributed by atoms with Crippen molar-refractivity contribution in [1.29, 1.82) is 0 Å². The van der Waals surface area contributed by atoms with Gasteiger partial charge in [-0.2, -0.15) is 0 Å². The molecule has 1 aromatic rings. The normalized spacial score (nSPS) is 18.7. The lowest BCUT2D eigenvalue weighted by atomic mass is 10.1. The molecule has 0 fully saturated rings. The van der Waals surface area contributed by atoms with Crippen molar-refractivity contribution in [3.8, 4) is 18.1 Å². The molecule has 0 saturated heterocycles. The average Bonchev–Trinajstić information content (AvgIpc) is 2.57. The van der Waals surface area contributed by atoms with E-state index < -0.39 is 0 Å². The van der Waals surface area contributed by atoms with Gasteiger partial charge in [0.15, 0.2) is 0 Å². The number of rotatable bonds is 2. The van der Waals surface area contributed by atoms with Crippen molar-refractivity contribution in [1.82, 2.24) is 0 Å². The topological polar surface area (TPSA) is 29.5 Å². The molecule has 0 amide bonds. The van der Waals surface area contributed by atoms with Gasteiger partial charge in [0.05, 0.1) is 6.10 Å². The lowest BCUT2D eigenvalue weighted by Gasteiger charge is -2.06. The Hall–Kier alpha value is -1.46. The van der Waals surface area contributed by atoms with Crippen molar-refractivity contribution >= 4 is 0 Å². The molecular weight excluding hydrogens is 176 g/mol. The number of ether oxygens (including phenoxy) is 1. The fraction of sp³-hybridized carbons (Fsp3) is 0.333. The van der Waals surface area contributed by atoms with Crippen LogP contribution in [-0.4, -0.2) is 11.7 Å². The summed E-state index contributed by atoms with van der Waals surface area (Å²) in [6, 6.07) is 5.73. The highest BCUT2D eigenvalue weighted by molar-refractivity contribution is 5.39. The Kier molecular flexibility index (Phi) is 2.43. The molecule has 0 spiro atoms. The second-order valence-corrected chi connectivity index (χ2v) is 3.41. The number of aliphatic hydroxyl groups is 1. The first-order valence-electron chi connectivity index (χ1n) is 4.68. The molecule has 1 atom stereocenters. The molecule has 0 radical (unpaired) electrons. The van der Waals surface area contributed by atoms with E-state index in [0.717, 1.165) is 24.2 Å². The maximum absolute atomic E-state index is 9.58. The van der Waals surface area contributed by atoms with E-state index in [1.54, 1.807) is 0 Å². The first kappa shape index (κ1) is 9.11. The third-order valence-electron chi connectivity index (χ3n) is 2.48. The maximum Gasteiger partial charge on any atom is 0.148 e. The number of fused-ring (bicyclic) bond motifs is 1. The number of hydrogen-bond acceptors (Lipinski definition) is 2. The second kappa shape index (κ2) is 3.73. The molecule has 1 N–H and O–H groups in total. The van der Waals surface area contributed by atoms with Crippen LogP contribution in [0.1, 0.15) is 23.7 Å². The maximum atomic E-state index is 9.58. The summed E-state index contributed by atoms with van der Waals surface area (Å²) in [6.07, 6.45) is 6.53. The summed E-state index contributed by atoms with van der Waals surface area (Å²) in [5.74, 6) is 3.21. The fourth-order valence-corrected chi connectivity index (χ4v) is 1.79. The highest BCUT2D eigenvalue weighted by Crippen LogP contribution is 2.33. The van der Waals surface area contributed by atoms with Gasteiger partial charge in [-0.15, -0.1) is 6.42 Å². The minimum absolute atomic E-state index is 0.293. The van der Waals surface area contributed by atoms with E-state index >= 15 is 0 Å². The lowest BCUT2D eigenvalue weighted by molar-refractivity contribution is 0.180. The van der Waals surface area contributed by atoms with E-state index in [1.807, 2.05) is 18.2 Å². The number of aliphatic hydroxyl groups excluding tert-OH is 1. The average molecular weight is 188 g/mol. The minimum Gasteiger partial charge on any atom is -0.481 e. The third-order valence-corrected chi connectivity index (χ3v) is 2.48. The minimum atomic E-state index is -0.299. The molecule has 2 nitrogen and oxygen atoms in total. The molecule has 72 valence electrons. The van der Waals surface area contributed by atoms with Gasteiger partial charge in [-0.1, -0.05) is 12.0 Å². The zero-order chi connectivity index (χ0) is 9.97. The van der Waals surface area contributed by atoms with Crippen LogP contribution in [0.3, 0.4) is 0 Å². The molecule has 1 aliphatic carbocycles. The number of benzene rings is 1. The van der Waals surface area contributed by atoms with Gasteiger partial charge < -0.3 is 9.84 Å². The summed E-state index contributed by atoms with van der Waals surface area (Å²) in [5.41, 5.74) is 2.20. The molecule has 0 aliphatic heterocycles. The SMILES string of the molecule is C#CCOc1ccc2c(c1)CC[C@H]2O. The molecule has 0 unspecified atom stereocenters. The van der Waals surface area contributed by atoms with Crippen LogP contribution in [0.25, 0.3) is 0 Å². The van der Waals surface area contributed by atoms with E-state index in [-0.39, 0.29) is 6.10 Å². The summed E-state index contributed by atoms with van der Waals surface area (Å²) in [5, 5.41) is 9.58. The van der Waals surface area contributed by atoms with Crippen molar-refractivity contribution < 1.29 is 9.84 Å². The van der Waals surface area contributed by atoms with Crippen LogP contribution in [0.4, 0.5) is 0 Å². The number of aryl methyl sites for hydroxylation is 1. The van der Waals surface area contributed by atoms with Gasteiger partial charge in [-0.05, 0) is 36.1 Å². The predicted molar refractivity (Wildman–Crippen MR) is 54.1 cm³/mol. The van der Waals surface area contributed by atoms with Gasteiger partial charge in [-0.25, -0.2) is 0 Å². The second-order valence-electron chi connectivity index (χ2n) is 3.41. The monoisotopic (exact) mass is 188 g/mol. The fourth-order valence-electron chi connectivity index (χ4n) is 1.79. The number of hydrogen-bond donors (Lipinski definition) is 1. The Balaban J connectivity index is 2.20. The van der Waals surface area contributed by atoms with E-state index in [2.05, 4.69) is 5.92 Å². The lowest BCUT2D eigenvalue weighted by Crippen LogP contribution is -1.95. The van der Waals surface area contributed by atoms with E-state index in [0.29, 0.717) is 6.61 Å². The Labute approximate surface area is 83.5 Å². The predicted octanol–water partition coefficient (Wildman–Crippen LogP) is 1.68. The quantitative estimate of drug-likeness (QED) is 0.715. The van der Waals surface area contributed by atoms with Crippen molar-refractivity contribution in [3.63, 3.8) is 0 Å². The van der Waals surface area contributed by atoms with Crippen LogP contribution in [0, 0.1) is 12.3 Å². The van der Waals surface area contributed by atoms with Gasteiger partial charge in [-0.3, -0.25) is 0 Å². The zero-order valence-electron chi connectivity index (χ0n) is 7.86. The Morgan fingerprint density at radius 1 is 1.57 bits per heavy atom. The van der Waals surface area contributed by atoms with Crippen LogP contribution in [0.15, 0.2) is 18.2 Å². The first-order chi connectivity index (χ1) is 6.81. The molecule has 0 heterocycles. The van der Waals surface area contributed by atoms with Crippen molar-refractivity contribution in [2.45, 2.75) is 18.9 Å². The molecule has 0 bridgehead atoms. The Morgan fingerprint density at radius 3 is 3.21 bits per heavy atom. The van der Waals surface area contributed by atoms with Crippen LogP contribution in [0.2, 0.25) is 0 Å². The zero-order valence-corrected chi connectivity index (χ0v) is 7.86. The summed E-state index contributed by atoms with van der Waals surface area (Å²) in [7, 11) is 0. The third kappa shape index (κ3) is 1.59. The van der Waals surface area contributed by atoms with Crippen LogP contribution in [0.5, 0.6) is 5.75 Å². The molecular formula is C12H12O2. The molecule has 1 aliphatic rings. The molecule has 0 aromatic heterocycles. The summed E-state index contributed by atoms with van der Waals surface area (Å²) >= 11 is 0. The van der Waals surface area contributed by atoms with Gasteiger partial charge in [0.2, 0.25) is 0 Å². The molecule has 2 rings (SSSR count). The summed E-state index contributed by atoms with van der Waals surface area (Å²) in [6.45, 7) is 0.293. The molecule has 14 heavy (non-hydrogen) atoms. The van der Waals surface area contributed by atoms with E-state index in [4.69, 9.17) is 11.2 Å². The Morgan fingerprint density at radius 2 is 2.43 bits per heavy atom. The molecule has 2 heteroatoms. The van der Waals surface area contributed by atoms with Gasteiger partial charge in [0, 0.05) is 0 Å². The first-order valence-corrected chi connectivity index (χ1v) is 4.68. The van der Waals surface area contributed by atoms with E-state index in [1.165, 1.54) is 5.56 Å². The van der Waals surface area contributed by atoms with E-state index in [9.17, 15) is 5.11 Å². The Bertz CT molecular complexity index is 376. The highest BCUT2D eigenvalue weighted by atomic mass is 16.5. The van der Waals surface area contributed by atoms with Crippen LogP contribution >= 0.6 is 0 Å². The van der Waals surface area contributed by atoms with Crippen molar-refractivity contribution in [2.75, 3.05) is 6.61 Å². The van der Waals surface area contributed by atoms with Crippen LogP contribution in [-0.2, 0) is 6.42 Å². The number of terminal acetylenes is 1. The van der Waals surface area contributed by atoms with Gasteiger partial charge >= 0.3 is 0 Å². The summed E-state index contributed by atoms with van der Waals surface area (Å²) in [4.78, 5) is 0. The van der Waals surface area contributed by atoms with Crippen molar-refractivity contribution in [3.05, 3.63) is 29.3 Å². The smallest absolute Gasteiger partial charge is 0.148 e. The molecule has 0 saturated carbocycles. The molecule has 1 aromatic carbocycles. The highest BCUT2D eigenvalue weighted by Gasteiger charge is 2.20. The van der Waals surface area contributed by atoms with Gasteiger partial charge in [0.1, 0.15) is 12.4 Å². The van der Waals surface area contributed by atoms with Crippen LogP contribution < -0.4 is 4.74 Å². The summed E-state index contributed by atoms with van der Waals surface area (Å²) < 4.78 is 5.30. The largest absolute Gasteiger partial charge is 0.481 e. The standard InChI is InChI=1S/C12H12O2/c1-2-7-14-10-4-5-11-9(8-10)3-6-12(11)13/h1,4-5,8,12-13H,3,6-7H2/t12-/m1/s1.